The Morgan fingerprint density at radius 1 is 1.00 bits per heavy atom. The van der Waals surface area contributed by atoms with Gasteiger partial charge >= 0.3 is 6.03 Å². The van der Waals surface area contributed by atoms with Gasteiger partial charge in [0.15, 0.2) is 0 Å². The lowest BCUT2D eigenvalue weighted by Crippen LogP contribution is -2.50. The Hall–Kier alpha value is -2.55. The topological polar surface area (TPSA) is 32.3 Å². The Bertz CT molecular complexity index is 772. The van der Waals surface area contributed by atoms with Crippen LogP contribution in [0, 0.1) is 6.92 Å². The molecule has 0 aliphatic carbocycles. The first-order chi connectivity index (χ1) is 10.9. The highest BCUT2D eigenvalue weighted by Crippen LogP contribution is 2.38. The van der Waals surface area contributed by atoms with E-state index in [0.717, 1.165) is 16.9 Å². The number of anilines is 2. The maximum atomic E-state index is 12.9. The number of hydrogen-bond acceptors (Lipinski definition) is 1. The van der Waals surface area contributed by atoms with Crippen LogP contribution in [0.2, 0.25) is 0 Å². The van der Waals surface area contributed by atoms with Crippen molar-refractivity contribution in [3.63, 3.8) is 0 Å². The predicted octanol–water partition coefficient (Wildman–Crippen LogP) is 5.23. The normalized spacial score (nSPS) is 15.7. The van der Waals surface area contributed by atoms with Crippen molar-refractivity contribution in [2.45, 2.75) is 33.2 Å². The van der Waals surface area contributed by atoms with Crippen molar-refractivity contribution in [2.75, 3.05) is 10.2 Å². The number of benzene rings is 2. The summed E-state index contributed by atoms with van der Waals surface area (Å²) in [5, 5.41) is 3.01. The summed E-state index contributed by atoms with van der Waals surface area (Å²) in [4.78, 5) is 14.8. The second kappa shape index (κ2) is 5.58. The lowest BCUT2D eigenvalue weighted by atomic mass is 9.89. The van der Waals surface area contributed by atoms with Crippen LogP contribution in [-0.4, -0.2) is 11.6 Å². The van der Waals surface area contributed by atoms with Crippen LogP contribution in [0.5, 0.6) is 0 Å². The zero-order valence-electron chi connectivity index (χ0n) is 14.1. The molecule has 3 rings (SSSR count). The van der Waals surface area contributed by atoms with Crippen LogP contribution < -0.4 is 10.2 Å². The molecule has 3 nitrogen and oxygen atoms in total. The molecule has 0 atom stereocenters. The van der Waals surface area contributed by atoms with Crippen molar-refractivity contribution in [3.8, 4) is 0 Å². The number of nitrogens with zero attached hydrogens (tertiary/aromatic N) is 1. The van der Waals surface area contributed by atoms with Gasteiger partial charge in [0.25, 0.3) is 0 Å². The van der Waals surface area contributed by atoms with Crippen LogP contribution in [-0.2, 0) is 0 Å². The average Bonchev–Trinajstić information content (AvgIpc) is 2.49. The van der Waals surface area contributed by atoms with Crippen LogP contribution >= 0.6 is 0 Å². The number of nitrogens with one attached hydrogen (secondary N) is 1. The zero-order valence-corrected chi connectivity index (χ0v) is 14.1. The zero-order chi connectivity index (χ0) is 16.6. The molecule has 1 aliphatic heterocycles. The second-order valence-electron chi connectivity index (χ2n) is 6.63. The molecule has 1 N–H and O–H groups in total. The summed E-state index contributed by atoms with van der Waals surface area (Å²) in [7, 11) is 0. The molecule has 2 amide bonds. The van der Waals surface area contributed by atoms with Gasteiger partial charge < -0.3 is 5.32 Å². The van der Waals surface area contributed by atoms with Gasteiger partial charge in [-0.25, -0.2) is 4.79 Å². The number of para-hydroxylation sites is 1. The predicted molar refractivity (Wildman–Crippen MR) is 96.8 cm³/mol. The summed E-state index contributed by atoms with van der Waals surface area (Å²) in [6.07, 6.45) is 2.14. The van der Waals surface area contributed by atoms with Crippen molar-refractivity contribution in [1.29, 1.82) is 0 Å². The first-order valence-electron chi connectivity index (χ1n) is 7.85. The van der Waals surface area contributed by atoms with Crippen molar-refractivity contribution < 1.29 is 4.79 Å². The molecule has 2 aromatic rings. The minimum absolute atomic E-state index is 0.116. The van der Waals surface area contributed by atoms with Gasteiger partial charge in [0.2, 0.25) is 0 Å². The fourth-order valence-corrected chi connectivity index (χ4v) is 3.17. The number of hydrogen-bond donors (Lipinski definition) is 1. The number of carbonyl (C=O) groups excluding carboxylic acids is 1. The van der Waals surface area contributed by atoms with Gasteiger partial charge in [-0.3, -0.25) is 4.90 Å². The third-order valence-electron chi connectivity index (χ3n) is 4.22. The van der Waals surface area contributed by atoms with Gasteiger partial charge in [-0.2, -0.15) is 0 Å². The Morgan fingerprint density at radius 3 is 2.35 bits per heavy atom. The molecule has 0 unspecified atom stereocenters. The molecule has 0 aromatic heterocycles. The van der Waals surface area contributed by atoms with Crippen LogP contribution in [0.15, 0.2) is 54.6 Å². The molecule has 1 aliphatic rings. The molecular weight excluding hydrogens is 284 g/mol. The van der Waals surface area contributed by atoms with Crippen molar-refractivity contribution in [3.05, 3.63) is 65.7 Å². The lowest BCUT2D eigenvalue weighted by Gasteiger charge is -2.41. The summed E-state index contributed by atoms with van der Waals surface area (Å²) in [6, 6.07) is 15.8. The van der Waals surface area contributed by atoms with E-state index in [1.54, 1.807) is 0 Å². The van der Waals surface area contributed by atoms with E-state index in [1.165, 1.54) is 11.1 Å². The van der Waals surface area contributed by atoms with Crippen LogP contribution in [0.3, 0.4) is 0 Å². The standard InChI is InChI=1S/C20H22N2O/c1-14-9-11-16(12-10-14)21-19(23)22-18-8-6-5-7-17(18)15(2)13-20(22,3)4/h5-13H,1-4H3,(H,21,23). The molecule has 1 heterocycles. The van der Waals surface area contributed by atoms with E-state index in [4.69, 9.17) is 0 Å². The minimum Gasteiger partial charge on any atom is -0.308 e. The van der Waals surface area contributed by atoms with Crippen LogP contribution in [0.4, 0.5) is 16.2 Å². The molecule has 0 bridgehead atoms. The largest absolute Gasteiger partial charge is 0.327 e. The van der Waals surface area contributed by atoms with Gasteiger partial charge in [-0.05, 0) is 51.5 Å². The van der Waals surface area contributed by atoms with Crippen LogP contribution in [0.25, 0.3) is 5.57 Å². The van der Waals surface area contributed by atoms with Gasteiger partial charge in [-0.15, -0.1) is 0 Å². The molecule has 118 valence electrons. The molecule has 0 saturated carbocycles. The van der Waals surface area contributed by atoms with Gasteiger partial charge in [0.05, 0.1) is 11.2 Å². The Balaban J connectivity index is 1.97. The minimum atomic E-state index is -0.382. The van der Waals surface area contributed by atoms with E-state index in [0.29, 0.717) is 0 Å². The molecule has 0 saturated heterocycles. The molecule has 23 heavy (non-hydrogen) atoms. The molecule has 0 radical (unpaired) electrons. The number of urea groups is 1. The third-order valence-corrected chi connectivity index (χ3v) is 4.22. The first-order valence-corrected chi connectivity index (χ1v) is 7.85. The second-order valence-corrected chi connectivity index (χ2v) is 6.63. The monoisotopic (exact) mass is 306 g/mol. The maximum Gasteiger partial charge on any atom is 0.327 e. The van der Waals surface area contributed by atoms with E-state index in [2.05, 4.69) is 38.2 Å². The summed E-state index contributed by atoms with van der Waals surface area (Å²) >= 11 is 0. The van der Waals surface area contributed by atoms with Gasteiger partial charge in [0, 0.05) is 11.3 Å². The molecule has 3 heteroatoms. The van der Waals surface area contributed by atoms with Gasteiger partial charge in [0.1, 0.15) is 0 Å². The number of rotatable bonds is 1. The SMILES string of the molecule is CC1=CC(C)(C)N(C(=O)Nc2ccc(C)cc2)c2ccccc21. The van der Waals surface area contributed by atoms with Crippen molar-refractivity contribution in [1.82, 2.24) is 0 Å². The Kier molecular flexibility index (Phi) is 3.72. The fraction of sp³-hybridized carbons (Fsp3) is 0.250. The summed E-state index contributed by atoms with van der Waals surface area (Å²) in [5.41, 5.74) is 4.84. The van der Waals surface area contributed by atoms with E-state index in [9.17, 15) is 4.79 Å². The Morgan fingerprint density at radius 2 is 1.65 bits per heavy atom. The molecule has 0 spiro atoms. The lowest BCUT2D eigenvalue weighted by molar-refractivity contribution is 0.253. The average molecular weight is 306 g/mol. The van der Waals surface area contributed by atoms with Gasteiger partial charge in [-0.1, -0.05) is 42.0 Å². The van der Waals surface area contributed by atoms with E-state index < -0.39 is 0 Å². The highest BCUT2D eigenvalue weighted by molar-refractivity contribution is 6.06. The number of allylic oxidation sites excluding steroid dienone is 1. The van der Waals surface area contributed by atoms with Crippen molar-refractivity contribution >= 4 is 23.0 Å². The maximum absolute atomic E-state index is 12.9. The quantitative estimate of drug-likeness (QED) is 0.768. The first kappa shape index (κ1) is 15.3. The number of fused-ring (bicyclic) bond motifs is 1. The third kappa shape index (κ3) is 2.87. The number of aryl methyl sites for hydroxylation is 1. The molecule has 0 fully saturated rings. The van der Waals surface area contributed by atoms with E-state index in [-0.39, 0.29) is 11.6 Å². The Labute approximate surface area is 137 Å². The van der Waals surface area contributed by atoms with E-state index in [1.807, 2.05) is 54.3 Å². The van der Waals surface area contributed by atoms with Crippen molar-refractivity contribution in [2.24, 2.45) is 0 Å². The summed E-state index contributed by atoms with van der Waals surface area (Å²) in [5.74, 6) is 0. The fourth-order valence-electron chi connectivity index (χ4n) is 3.17. The highest BCUT2D eigenvalue weighted by atomic mass is 16.2. The number of amides is 2. The summed E-state index contributed by atoms with van der Waals surface area (Å²) in [6.45, 7) is 8.24. The van der Waals surface area contributed by atoms with E-state index >= 15 is 0 Å². The summed E-state index contributed by atoms with van der Waals surface area (Å²) < 4.78 is 0. The molecule has 2 aromatic carbocycles. The number of carbonyl (C=O) groups is 1. The smallest absolute Gasteiger partial charge is 0.308 e. The molecular formula is C20H22N2O. The highest BCUT2D eigenvalue weighted by Gasteiger charge is 2.35. The van der Waals surface area contributed by atoms with Crippen LogP contribution in [0.1, 0.15) is 31.9 Å².